The molecule has 1 amide bonds. The fourth-order valence-electron chi connectivity index (χ4n) is 1.50. The maximum absolute atomic E-state index is 11.6. The summed E-state index contributed by atoms with van der Waals surface area (Å²) in [6.07, 6.45) is 1.10. The topological polar surface area (TPSA) is 62.5 Å². The number of aliphatic hydroxyl groups is 1. The molecule has 1 aromatic heterocycles. The second kappa shape index (κ2) is 5.70. The van der Waals surface area contributed by atoms with Crippen molar-refractivity contribution in [2.24, 2.45) is 0 Å². The lowest BCUT2D eigenvalue weighted by atomic mass is 10.1. The lowest BCUT2D eigenvalue weighted by molar-refractivity contribution is 0.0895. The van der Waals surface area contributed by atoms with E-state index in [0.717, 1.165) is 24.2 Å². The Labute approximate surface area is 95.7 Å². The number of carbonyl (C=O) groups excluding carboxylic acids is 1. The van der Waals surface area contributed by atoms with Crippen LogP contribution in [0.1, 0.15) is 42.6 Å². The van der Waals surface area contributed by atoms with Crippen molar-refractivity contribution in [3.8, 4) is 0 Å². The zero-order valence-corrected chi connectivity index (χ0v) is 10.0. The zero-order valence-electron chi connectivity index (χ0n) is 10.0. The summed E-state index contributed by atoms with van der Waals surface area (Å²) in [4.78, 5) is 11.6. The van der Waals surface area contributed by atoms with Crippen molar-refractivity contribution in [3.63, 3.8) is 0 Å². The fourth-order valence-corrected chi connectivity index (χ4v) is 1.50. The number of hydrogen-bond donors (Lipinski definition) is 2. The van der Waals surface area contributed by atoms with E-state index in [0.29, 0.717) is 5.76 Å². The molecule has 0 saturated carbocycles. The number of carbonyl (C=O) groups is 1. The Morgan fingerprint density at radius 2 is 2.19 bits per heavy atom. The van der Waals surface area contributed by atoms with E-state index in [1.165, 1.54) is 0 Å². The molecule has 0 fully saturated rings. The van der Waals surface area contributed by atoms with Gasteiger partial charge >= 0.3 is 0 Å². The molecule has 0 spiro atoms. The molecule has 1 unspecified atom stereocenters. The molecule has 16 heavy (non-hydrogen) atoms. The first-order valence-electron chi connectivity index (χ1n) is 5.66. The number of hydrogen-bond acceptors (Lipinski definition) is 3. The first kappa shape index (κ1) is 12.8. The Bertz CT molecular complexity index is 334. The average molecular weight is 225 g/mol. The number of rotatable bonds is 5. The molecule has 1 atom stereocenters. The van der Waals surface area contributed by atoms with Gasteiger partial charge in [-0.2, -0.15) is 0 Å². The molecule has 1 rings (SSSR count). The van der Waals surface area contributed by atoms with Gasteiger partial charge in [-0.3, -0.25) is 4.79 Å². The van der Waals surface area contributed by atoms with Crippen molar-refractivity contribution in [1.82, 2.24) is 5.32 Å². The Hall–Kier alpha value is -1.29. The highest BCUT2D eigenvalue weighted by Crippen LogP contribution is 2.16. The number of nitrogens with one attached hydrogen (secondary N) is 1. The van der Waals surface area contributed by atoms with Gasteiger partial charge in [0.25, 0.3) is 5.91 Å². The molecule has 1 aromatic rings. The largest absolute Gasteiger partial charge is 0.456 e. The van der Waals surface area contributed by atoms with Crippen LogP contribution in [-0.2, 0) is 12.8 Å². The highest BCUT2D eigenvalue weighted by Gasteiger charge is 2.14. The number of aryl methyl sites for hydroxylation is 2. The average Bonchev–Trinajstić information content (AvgIpc) is 2.68. The van der Waals surface area contributed by atoms with E-state index in [4.69, 9.17) is 9.52 Å². The molecule has 2 N–H and O–H groups in total. The van der Waals surface area contributed by atoms with Crippen LogP contribution in [0, 0.1) is 0 Å². The Morgan fingerprint density at radius 1 is 1.50 bits per heavy atom. The van der Waals surface area contributed by atoms with Gasteiger partial charge in [0, 0.05) is 13.0 Å². The summed E-state index contributed by atoms with van der Waals surface area (Å²) in [6.45, 7) is 5.89. The minimum atomic E-state index is -0.546. The molecule has 0 saturated heterocycles. The molecule has 0 aliphatic heterocycles. The predicted octanol–water partition coefficient (Wildman–Crippen LogP) is 1.51. The van der Waals surface area contributed by atoms with Crippen molar-refractivity contribution in [2.45, 2.75) is 39.7 Å². The monoisotopic (exact) mass is 225 g/mol. The van der Waals surface area contributed by atoms with Crippen molar-refractivity contribution >= 4 is 5.91 Å². The first-order chi connectivity index (χ1) is 7.58. The molecule has 0 aliphatic carbocycles. The van der Waals surface area contributed by atoms with Gasteiger partial charge in [-0.15, -0.1) is 0 Å². The second-order valence-corrected chi connectivity index (χ2v) is 3.83. The summed E-state index contributed by atoms with van der Waals surface area (Å²) in [5.41, 5.74) is 1.07. The highest BCUT2D eigenvalue weighted by atomic mass is 16.4. The standard InChI is InChI=1S/C12H19NO3/c1-4-9-6-11(16-10(9)5-2)12(15)13-7-8(3)14/h6,8,14H,4-5,7H2,1-3H3,(H,13,15). The summed E-state index contributed by atoms with van der Waals surface area (Å²) in [5.74, 6) is 0.925. The third-order valence-corrected chi connectivity index (χ3v) is 2.38. The minimum Gasteiger partial charge on any atom is -0.456 e. The van der Waals surface area contributed by atoms with E-state index in [2.05, 4.69) is 5.32 Å². The first-order valence-corrected chi connectivity index (χ1v) is 5.66. The van der Waals surface area contributed by atoms with Crippen LogP contribution in [-0.4, -0.2) is 23.7 Å². The molecule has 0 aromatic carbocycles. The molecule has 4 heteroatoms. The molecule has 90 valence electrons. The van der Waals surface area contributed by atoms with Crippen molar-refractivity contribution < 1.29 is 14.3 Å². The van der Waals surface area contributed by atoms with E-state index < -0.39 is 6.10 Å². The summed E-state index contributed by atoms with van der Waals surface area (Å²) in [5, 5.41) is 11.7. The summed E-state index contributed by atoms with van der Waals surface area (Å²) in [6, 6.07) is 1.77. The van der Waals surface area contributed by atoms with Gasteiger partial charge in [0.2, 0.25) is 0 Å². The lowest BCUT2D eigenvalue weighted by Crippen LogP contribution is -2.30. The van der Waals surface area contributed by atoms with Crippen molar-refractivity contribution in [2.75, 3.05) is 6.54 Å². The van der Waals surface area contributed by atoms with Gasteiger partial charge in [0.05, 0.1) is 6.10 Å². The fraction of sp³-hybridized carbons (Fsp3) is 0.583. The molecule has 0 aliphatic rings. The van der Waals surface area contributed by atoms with E-state index >= 15 is 0 Å². The third-order valence-electron chi connectivity index (χ3n) is 2.38. The van der Waals surface area contributed by atoms with Crippen molar-refractivity contribution in [1.29, 1.82) is 0 Å². The van der Waals surface area contributed by atoms with E-state index in [9.17, 15) is 4.79 Å². The van der Waals surface area contributed by atoms with E-state index in [1.54, 1.807) is 13.0 Å². The summed E-state index contributed by atoms with van der Waals surface area (Å²) in [7, 11) is 0. The second-order valence-electron chi connectivity index (χ2n) is 3.83. The SMILES string of the molecule is CCc1cc(C(=O)NCC(C)O)oc1CC. The Kier molecular flexibility index (Phi) is 4.55. The Balaban J connectivity index is 2.72. The van der Waals surface area contributed by atoms with Crippen LogP contribution in [0.5, 0.6) is 0 Å². The van der Waals surface area contributed by atoms with Gasteiger partial charge in [-0.1, -0.05) is 13.8 Å². The molecule has 4 nitrogen and oxygen atoms in total. The van der Waals surface area contributed by atoms with Gasteiger partial charge in [-0.05, 0) is 25.0 Å². The molecular formula is C12H19NO3. The predicted molar refractivity (Wildman–Crippen MR) is 61.5 cm³/mol. The maximum Gasteiger partial charge on any atom is 0.287 e. The molecule has 0 radical (unpaired) electrons. The van der Waals surface area contributed by atoms with Crippen LogP contribution < -0.4 is 5.32 Å². The summed E-state index contributed by atoms with van der Waals surface area (Å²) < 4.78 is 5.46. The van der Waals surface area contributed by atoms with Gasteiger partial charge < -0.3 is 14.8 Å². The van der Waals surface area contributed by atoms with Crippen LogP contribution in [0.4, 0.5) is 0 Å². The number of furan rings is 1. The third kappa shape index (κ3) is 3.10. The molecule has 1 heterocycles. The highest BCUT2D eigenvalue weighted by molar-refractivity contribution is 5.91. The van der Waals surface area contributed by atoms with E-state index in [1.807, 2.05) is 13.8 Å². The smallest absolute Gasteiger partial charge is 0.287 e. The lowest BCUT2D eigenvalue weighted by Gasteiger charge is -2.04. The van der Waals surface area contributed by atoms with Gasteiger partial charge in [-0.25, -0.2) is 0 Å². The minimum absolute atomic E-state index is 0.239. The maximum atomic E-state index is 11.6. The van der Waals surface area contributed by atoms with Crippen LogP contribution in [0.25, 0.3) is 0 Å². The molecule has 0 bridgehead atoms. The van der Waals surface area contributed by atoms with Crippen molar-refractivity contribution in [3.05, 3.63) is 23.2 Å². The molecular weight excluding hydrogens is 206 g/mol. The quantitative estimate of drug-likeness (QED) is 0.798. The number of aliphatic hydroxyl groups excluding tert-OH is 1. The van der Waals surface area contributed by atoms with Crippen LogP contribution in [0.3, 0.4) is 0 Å². The van der Waals surface area contributed by atoms with Gasteiger partial charge in [0.15, 0.2) is 5.76 Å². The van der Waals surface area contributed by atoms with Crippen LogP contribution in [0.15, 0.2) is 10.5 Å². The number of amides is 1. The van der Waals surface area contributed by atoms with Crippen LogP contribution in [0.2, 0.25) is 0 Å². The normalized spacial score (nSPS) is 12.5. The summed E-state index contributed by atoms with van der Waals surface area (Å²) >= 11 is 0. The van der Waals surface area contributed by atoms with Crippen LogP contribution >= 0.6 is 0 Å². The zero-order chi connectivity index (χ0) is 12.1. The Morgan fingerprint density at radius 3 is 2.62 bits per heavy atom. The van der Waals surface area contributed by atoms with Gasteiger partial charge in [0.1, 0.15) is 5.76 Å². The van der Waals surface area contributed by atoms with E-state index in [-0.39, 0.29) is 12.5 Å².